The third-order valence-corrected chi connectivity index (χ3v) is 8.97. The molecule has 0 fully saturated rings. The Morgan fingerprint density at radius 2 is 1.34 bits per heavy atom. The summed E-state index contributed by atoms with van der Waals surface area (Å²) in [6, 6.07) is 50.6. The van der Waals surface area contributed by atoms with E-state index in [-0.39, 0.29) is 6.17 Å². The Labute approximate surface area is 272 Å². The summed E-state index contributed by atoms with van der Waals surface area (Å²) in [6.07, 6.45) is 2.01. The van der Waals surface area contributed by atoms with E-state index in [4.69, 9.17) is 14.4 Å². The first-order chi connectivity index (χ1) is 23.3. The van der Waals surface area contributed by atoms with Crippen LogP contribution < -0.4 is 10.6 Å². The van der Waals surface area contributed by atoms with Gasteiger partial charge in [0.15, 0.2) is 5.84 Å². The third kappa shape index (κ3) is 4.89. The van der Waals surface area contributed by atoms with Crippen LogP contribution in [0.1, 0.15) is 34.0 Å². The minimum Gasteiger partial charge on any atom is -0.439 e. The number of nitrogens with one attached hydrogen (secondary N) is 2. The fraction of sp³-hybridized carbons (Fsp3) is 0.0476. The van der Waals surface area contributed by atoms with E-state index in [9.17, 15) is 0 Å². The van der Waals surface area contributed by atoms with Gasteiger partial charge in [-0.25, -0.2) is 9.98 Å². The monoisotopic (exact) mass is 606 g/mol. The zero-order chi connectivity index (χ0) is 31.2. The molecule has 224 valence electrons. The van der Waals surface area contributed by atoms with E-state index in [1.165, 1.54) is 10.8 Å². The average molecular weight is 607 g/mol. The van der Waals surface area contributed by atoms with Crippen LogP contribution in [0, 0.1) is 0 Å². The van der Waals surface area contributed by atoms with Crippen molar-refractivity contribution in [1.82, 2.24) is 5.32 Å². The number of nitrogens with zero attached hydrogens (tertiary/aromatic N) is 2. The zero-order valence-corrected chi connectivity index (χ0v) is 25.5. The molecule has 7 aromatic rings. The maximum atomic E-state index is 6.57. The number of anilines is 1. The molecule has 2 aliphatic heterocycles. The number of aliphatic imine (C=N–C) groups is 2. The fourth-order valence-electron chi connectivity index (χ4n) is 6.63. The lowest BCUT2D eigenvalue weighted by Gasteiger charge is -2.24. The molecular weight excluding hydrogens is 576 g/mol. The predicted molar refractivity (Wildman–Crippen MR) is 193 cm³/mol. The van der Waals surface area contributed by atoms with Crippen molar-refractivity contribution in [3.8, 4) is 11.1 Å². The first kappa shape index (κ1) is 27.1. The van der Waals surface area contributed by atoms with Crippen LogP contribution in [0.4, 0.5) is 5.88 Å². The molecule has 3 heterocycles. The number of rotatable bonds is 5. The molecule has 47 heavy (non-hydrogen) atoms. The molecule has 0 spiro atoms. The van der Waals surface area contributed by atoms with Crippen LogP contribution in [0.25, 0.3) is 38.4 Å². The van der Waals surface area contributed by atoms with Gasteiger partial charge in [0, 0.05) is 28.6 Å². The van der Waals surface area contributed by atoms with E-state index in [2.05, 4.69) is 126 Å². The molecule has 2 aliphatic rings. The topological polar surface area (TPSA) is 61.9 Å². The van der Waals surface area contributed by atoms with Crippen LogP contribution in [-0.2, 0) is 0 Å². The van der Waals surface area contributed by atoms with Crippen LogP contribution >= 0.6 is 0 Å². The SMILES string of the molecule is C1=C(c2ccc(C3=NC(c4ccccc4)=NC(c4ccccc4)N3)cc2)c2c(oc3c(-c4ccc5ccccc5c4)cccc23)NC1. The fourth-order valence-corrected chi connectivity index (χ4v) is 6.63. The summed E-state index contributed by atoms with van der Waals surface area (Å²) in [6.45, 7) is 0.694. The van der Waals surface area contributed by atoms with Gasteiger partial charge in [0.1, 0.15) is 17.6 Å². The van der Waals surface area contributed by atoms with Crippen LogP contribution in [0.2, 0.25) is 0 Å². The second-order valence-electron chi connectivity index (χ2n) is 11.9. The largest absolute Gasteiger partial charge is 0.439 e. The first-order valence-corrected chi connectivity index (χ1v) is 15.9. The molecule has 1 atom stereocenters. The highest BCUT2D eigenvalue weighted by atomic mass is 16.4. The summed E-state index contributed by atoms with van der Waals surface area (Å²) in [7, 11) is 0. The highest BCUT2D eigenvalue weighted by molar-refractivity contribution is 6.13. The second-order valence-corrected chi connectivity index (χ2v) is 11.9. The molecule has 0 amide bonds. The van der Waals surface area contributed by atoms with Gasteiger partial charge in [-0.3, -0.25) is 0 Å². The number of para-hydroxylation sites is 1. The summed E-state index contributed by atoms with van der Waals surface area (Å²) >= 11 is 0. The van der Waals surface area contributed by atoms with Gasteiger partial charge in [-0.05, 0) is 39.1 Å². The number of amidine groups is 2. The Bertz CT molecular complexity index is 2370. The van der Waals surface area contributed by atoms with Crippen molar-refractivity contribution in [2.45, 2.75) is 6.17 Å². The van der Waals surface area contributed by atoms with Crippen molar-refractivity contribution in [1.29, 1.82) is 0 Å². The van der Waals surface area contributed by atoms with Gasteiger partial charge >= 0.3 is 0 Å². The molecule has 0 aliphatic carbocycles. The maximum absolute atomic E-state index is 6.57. The normalized spacial score (nSPS) is 15.7. The molecule has 6 aromatic carbocycles. The molecule has 0 saturated heterocycles. The van der Waals surface area contributed by atoms with Gasteiger partial charge in [0.05, 0.1) is 5.56 Å². The van der Waals surface area contributed by atoms with Crippen LogP contribution in [-0.4, -0.2) is 18.2 Å². The van der Waals surface area contributed by atoms with Crippen LogP contribution in [0.3, 0.4) is 0 Å². The van der Waals surface area contributed by atoms with Gasteiger partial charge in [-0.2, -0.15) is 0 Å². The first-order valence-electron chi connectivity index (χ1n) is 15.9. The lowest BCUT2D eigenvalue weighted by molar-refractivity contribution is 0.628. The molecule has 2 N–H and O–H groups in total. The Morgan fingerprint density at radius 1 is 0.617 bits per heavy atom. The molecule has 5 nitrogen and oxygen atoms in total. The molecular formula is C42H30N4O. The molecule has 5 heteroatoms. The second kappa shape index (κ2) is 11.3. The van der Waals surface area contributed by atoms with Gasteiger partial charge in [0.25, 0.3) is 0 Å². The average Bonchev–Trinajstić information content (AvgIpc) is 3.55. The van der Waals surface area contributed by atoms with Crippen molar-refractivity contribution in [2.24, 2.45) is 9.98 Å². The Hall–Kier alpha value is -6.20. The lowest BCUT2D eigenvalue weighted by Crippen LogP contribution is -2.33. The molecule has 1 aromatic heterocycles. The van der Waals surface area contributed by atoms with Crippen LogP contribution in [0.15, 0.2) is 166 Å². The summed E-state index contributed by atoms with van der Waals surface area (Å²) < 4.78 is 6.57. The van der Waals surface area contributed by atoms with Gasteiger partial charge in [-0.15, -0.1) is 0 Å². The van der Waals surface area contributed by atoms with E-state index in [0.29, 0.717) is 6.54 Å². The molecule has 0 radical (unpaired) electrons. The Kier molecular flexibility index (Phi) is 6.53. The summed E-state index contributed by atoms with van der Waals surface area (Å²) in [5.41, 5.74) is 9.59. The van der Waals surface area contributed by atoms with Gasteiger partial charge in [-0.1, -0.05) is 146 Å². The van der Waals surface area contributed by atoms with Crippen molar-refractivity contribution >= 4 is 44.9 Å². The molecule has 0 bridgehead atoms. The quantitative estimate of drug-likeness (QED) is 0.205. The van der Waals surface area contributed by atoms with E-state index in [0.717, 1.165) is 73.0 Å². The lowest BCUT2D eigenvalue weighted by atomic mass is 9.92. The van der Waals surface area contributed by atoms with Gasteiger partial charge in [0.2, 0.25) is 5.88 Å². The van der Waals surface area contributed by atoms with E-state index < -0.39 is 0 Å². The summed E-state index contributed by atoms with van der Waals surface area (Å²) in [5.74, 6) is 2.32. The third-order valence-electron chi connectivity index (χ3n) is 8.97. The highest BCUT2D eigenvalue weighted by Gasteiger charge is 2.25. The van der Waals surface area contributed by atoms with Crippen molar-refractivity contribution in [3.05, 3.63) is 179 Å². The van der Waals surface area contributed by atoms with E-state index in [1.54, 1.807) is 0 Å². The Balaban J connectivity index is 1.07. The number of furan rings is 1. The molecule has 1 unspecified atom stereocenters. The molecule has 9 rings (SSSR count). The Morgan fingerprint density at radius 3 is 2.17 bits per heavy atom. The minimum atomic E-state index is -0.234. The number of fused-ring (bicyclic) bond motifs is 4. The summed E-state index contributed by atoms with van der Waals surface area (Å²) in [4.78, 5) is 9.95. The van der Waals surface area contributed by atoms with Crippen molar-refractivity contribution in [3.63, 3.8) is 0 Å². The number of benzene rings is 6. The van der Waals surface area contributed by atoms with Crippen LogP contribution in [0.5, 0.6) is 0 Å². The minimum absolute atomic E-state index is 0.234. The molecule has 0 saturated carbocycles. The highest BCUT2D eigenvalue weighted by Crippen LogP contribution is 2.43. The van der Waals surface area contributed by atoms with Gasteiger partial charge < -0.3 is 15.1 Å². The van der Waals surface area contributed by atoms with E-state index in [1.807, 2.05) is 36.4 Å². The predicted octanol–water partition coefficient (Wildman–Crippen LogP) is 9.61. The van der Waals surface area contributed by atoms with E-state index >= 15 is 0 Å². The zero-order valence-electron chi connectivity index (χ0n) is 25.5. The number of hydrogen-bond acceptors (Lipinski definition) is 5. The van der Waals surface area contributed by atoms with Crippen molar-refractivity contribution < 1.29 is 4.42 Å². The number of hydrogen-bond donors (Lipinski definition) is 2. The summed E-state index contributed by atoms with van der Waals surface area (Å²) in [5, 5.41) is 10.6. The van der Waals surface area contributed by atoms with Crippen molar-refractivity contribution in [2.75, 3.05) is 11.9 Å². The standard InChI is InChI=1S/C42H30N4O/c1-3-11-29(12-4-1)39-44-40(30-13-5-2-6-14-30)46-41(45-39)31-21-19-28(20-22-31)34-24-25-43-42-37(34)36-17-9-16-35(38(36)47-42)33-23-18-27-10-7-8-15-32(27)26-33/h1-24,26,39,43H,25H2,(H,44,45,46). The smallest absolute Gasteiger partial charge is 0.202 e. The maximum Gasteiger partial charge on any atom is 0.202 e.